The monoisotopic (exact) mass is 302 g/mol. The minimum absolute atomic E-state index is 0.381. The van der Waals surface area contributed by atoms with Crippen LogP contribution < -0.4 is 4.74 Å². The Kier molecular flexibility index (Phi) is 3.51. The molecule has 0 N–H and O–H groups in total. The van der Waals surface area contributed by atoms with Crippen molar-refractivity contribution in [2.45, 2.75) is 20.3 Å². The first kappa shape index (κ1) is 13.8. The van der Waals surface area contributed by atoms with E-state index in [1.165, 1.54) is 0 Å². The first-order chi connectivity index (χ1) is 10.1. The Balaban J connectivity index is 2.04. The Morgan fingerprint density at radius 2 is 1.86 bits per heavy atom. The lowest BCUT2D eigenvalue weighted by Crippen LogP contribution is -2.04. The summed E-state index contributed by atoms with van der Waals surface area (Å²) in [5.41, 5.74) is 3.62. The molecule has 1 aromatic carbocycles. The topological polar surface area (TPSA) is 52.3 Å². The molecular weight excluding hydrogens is 288 g/mol. The van der Waals surface area contributed by atoms with Crippen molar-refractivity contribution in [1.29, 1.82) is 0 Å². The Morgan fingerprint density at radius 3 is 2.52 bits per heavy atom. The predicted molar refractivity (Wildman–Crippen MR) is 81.1 cm³/mol. The highest BCUT2D eigenvalue weighted by atomic mass is 35.5. The molecule has 0 atom stereocenters. The zero-order chi connectivity index (χ0) is 15.0. The van der Waals surface area contributed by atoms with Crippen molar-refractivity contribution < 1.29 is 4.74 Å². The van der Waals surface area contributed by atoms with Crippen molar-refractivity contribution in [3.63, 3.8) is 0 Å². The van der Waals surface area contributed by atoms with Crippen LogP contribution in [0.25, 0.3) is 5.65 Å². The molecule has 0 radical (unpaired) electrons. The number of aryl methyl sites for hydroxylation is 2. The lowest BCUT2D eigenvalue weighted by atomic mass is 10.1. The number of hydrogen-bond acceptors (Lipinski definition) is 4. The molecule has 0 spiro atoms. The molecule has 3 rings (SSSR count). The summed E-state index contributed by atoms with van der Waals surface area (Å²) < 4.78 is 7.13. The molecule has 5 nitrogen and oxygen atoms in total. The van der Waals surface area contributed by atoms with Crippen LogP contribution in [0.4, 0.5) is 0 Å². The van der Waals surface area contributed by atoms with Gasteiger partial charge in [0.05, 0.1) is 12.8 Å². The highest BCUT2D eigenvalue weighted by Crippen LogP contribution is 2.20. The molecule has 0 aliphatic carbocycles. The second-order valence-electron chi connectivity index (χ2n) is 4.87. The largest absolute Gasteiger partial charge is 0.497 e. The summed E-state index contributed by atoms with van der Waals surface area (Å²) >= 11 is 6.14. The first-order valence-electron chi connectivity index (χ1n) is 6.60. The van der Waals surface area contributed by atoms with E-state index in [4.69, 9.17) is 16.3 Å². The van der Waals surface area contributed by atoms with E-state index < -0.39 is 0 Å². The molecule has 6 heteroatoms. The molecule has 0 saturated carbocycles. The van der Waals surface area contributed by atoms with Crippen molar-refractivity contribution in [3.05, 3.63) is 52.2 Å². The fraction of sp³-hybridized carbons (Fsp3) is 0.267. The van der Waals surface area contributed by atoms with Crippen molar-refractivity contribution in [3.8, 4) is 5.75 Å². The van der Waals surface area contributed by atoms with Crippen LogP contribution in [-0.2, 0) is 6.42 Å². The number of fused-ring (bicyclic) bond motifs is 1. The van der Waals surface area contributed by atoms with Crippen molar-refractivity contribution in [1.82, 2.24) is 19.6 Å². The summed E-state index contributed by atoms with van der Waals surface area (Å²) in [5, 5.41) is 8.78. The summed E-state index contributed by atoms with van der Waals surface area (Å²) in [5.74, 6) is 1.68. The van der Waals surface area contributed by atoms with E-state index >= 15 is 0 Å². The molecule has 0 bridgehead atoms. The maximum Gasteiger partial charge on any atom is 0.198 e. The van der Waals surface area contributed by atoms with Gasteiger partial charge < -0.3 is 4.74 Å². The minimum Gasteiger partial charge on any atom is -0.497 e. The average molecular weight is 303 g/mol. The van der Waals surface area contributed by atoms with Gasteiger partial charge in [-0.3, -0.25) is 4.40 Å². The molecule has 0 unspecified atom stereocenters. The maximum absolute atomic E-state index is 6.14. The fourth-order valence-corrected chi connectivity index (χ4v) is 2.53. The summed E-state index contributed by atoms with van der Waals surface area (Å²) in [4.78, 5) is 4.27. The number of aromatic nitrogens is 4. The molecular formula is C15H15ClN4O. The second-order valence-corrected chi connectivity index (χ2v) is 5.23. The van der Waals surface area contributed by atoms with E-state index in [2.05, 4.69) is 15.2 Å². The maximum atomic E-state index is 6.14. The molecule has 0 amide bonds. The normalized spacial score (nSPS) is 11.0. The van der Waals surface area contributed by atoms with E-state index in [9.17, 15) is 0 Å². The van der Waals surface area contributed by atoms with Crippen molar-refractivity contribution >= 4 is 17.2 Å². The van der Waals surface area contributed by atoms with Crippen LogP contribution in [0.1, 0.15) is 22.8 Å². The Bertz CT molecular complexity index is 796. The van der Waals surface area contributed by atoms with Gasteiger partial charge in [0.15, 0.2) is 10.8 Å². The molecule has 21 heavy (non-hydrogen) atoms. The molecule has 0 saturated heterocycles. The zero-order valence-corrected chi connectivity index (χ0v) is 12.8. The molecule has 108 valence electrons. The number of methoxy groups -OCH3 is 1. The Labute approximate surface area is 127 Å². The van der Waals surface area contributed by atoms with Gasteiger partial charge in [-0.2, -0.15) is 0 Å². The highest BCUT2D eigenvalue weighted by molar-refractivity contribution is 6.32. The average Bonchev–Trinajstić information content (AvgIpc) is 2.90. The number of hydrogen-bond donors (Lipinski definition) is 0. The number of rotatable bonds is 3. The van der Waals surface area contributed by atoms with Gasteiger partial charge in [-0.15, -0.1) is 10.2 Å². The molecule has 0 aliphatic heterocycles. The van der Waals surface area contributed by atoms with Crippen LogP contribution in [0, 0.1) is 13.8 Å². The third kappa shape index (κ3) is 2.45. The molecule has 0 aliphatic rings. The molecule has 2 aromatic heterocycles. The predicted octanol–water partition coefficient (Wildman–Crippen LogP) is 2.99. The van der Waals surface area contributed by atoms with Gasteiger partial charge >= 0.3 is 0 Å². The van der Waals surface area contributed by atoms with Gasteiger partial charge in [-0.25, -0.2) is 4.98 Å². The third-order valence-electron chi connectivity index (χ3n) is 3.56. The minimum atomic E-state index is 0.381. The van der Waals surface area contributed by atoms with Crippen LogP contribution in [0.2, 0.25) is 5.15 Å². The van der Waals surface area contributed by atoms with Gasteiger partial charge in [0.1, 0.15) is 11.6 Å². The molecule has 2 heterocycles. The summed E-state index contributed by atoms with van der Waals surface area (Å²) in [6.45, 7) is 3.92. The smallest absolute Gasteiger partial charge is 0.198 e. The van der Waals surface area contributed by atoms with Crippen LogP contribution in [0.15, 0.2) is 24.3 Å². The highest BCUT2D eigenvalue weighted by Gasteiger charge is 2.14. The van der Waals surface area contributed by atoms with E-state index in [1.807, 2.05) is 42.5 Å². The lowest BCUT2D eigenvalue weighted by molar-refractivity contribution is 0.414. The lowest BCUT2D eigenvalue weighted by Gasteiger charge is -2.07. The third-order valence-corrected chi connectivity index (χ3v) is 3.81. The number of halogens is 1. The zero-order valence-electron chi connectivity index (χ0n) is 12.1. The fourth-order valence-electron chi connectivity index (χ4n) is 2.28. The van der Waals surface area contributed by atoms with E-state index in [0.29, 0.717) is 17.2 Å². The van der Waals surface area contributed by atoms with Crippen molar-refractivity contribution in [2.75, 3.05) is 7.11 Å². The van der Waals surface area contributed by atoms with Gasteiger partial charge in [0.2, 0.25) is 0 Å². The van der Waals surface area contributed by atoms with Gasteiger partial charge in [0, 0.05) is 12.1 Å². The van der Waals surface area contributed by atoms with Crippen LogP contribution in [0.5, 0.6) is 5.75 Å². The standard InChI is InChI=1S/C15H15ClN4O/c1-9-10(2)20-13(18-19-15(20)14(16)17-9)8-11-4-6-12(21-3)7-5-11/h4-7H,8H2,1-3H3. The Morgan fingerprint density at radius 1 is 1.14 bits per heavy atom. The van der Waals surface area contributed by atoms with Crippen LogP contribution in [-0.4, -0.2) is 26.7 Å². The number of nitrogens with zero attached hydrogens (tertiary/aromatic N) is 4. The van der Waals surface area contributed by atoms with Crippen LogP contribution >= 0.6 is 11.6 Å². The number of benzene rings is 1. The summed E-state index contributed by atoms with van der Waals surface area (Å²) in [7, 11) is 1.65. The van der Waals surface area contributed by atoms with E-state index in [0.717, 1.165) is 28.5 Å². The van der Waals surface area contributed by atoms with E-state index in [-0.39, 0.29) is 0 Å². The van der Waals surface area contributed by atoms with Crippen LogP contribution in [0.3, 0.4) is 0 Å². The van der Waals surface area contributed by atoms with Gasteiger partial charge in [-0.1, -0.05) is 23.7 Å². The van der Waals surface area contributed by atoms with Gasteiger partial charge in [-0.05, 0) is 31.5 Å². The SMILES string of the molecule is COc1ccc(Cc2nnc3c(Cl)nc(C)c(C)n23)cc1. The van der Waals surface area contributed by atoms with Gasteiger partial charge in [0.25, 0.3) is 0 Å². The number of ether oxygens (including phenoxy) is 1. The Hall–Kier alpha value is -2.14. The summed E-state index contributed by atoms with van der Waals surface area (Å²) in [6, 6.07) is 7.91. The molecule has 0 fully saturated rings. The quantitative estimate of drug-likeness (QED) is 0.746. The molecule has 3 aromatic rings. The second kappa shape index (κ2) is 5.33. The summed E-state index contributed by atoms with van der Waals surface area (Å²) in [6.07, 6.45) is 0.672. The van der Waals surface area contributed by atoms with Crippen molar-refractivity contribution in [2.24, 2.45) is 0 Å². The first-order valence-corrected chi connectivity index (χ1v) is 6.97. The van der Waals surface area contributed by atoms with E-state index in [1.54, 1.807) is 7.11 Å².